The van der Waals surface area contributed by atoms with Gasteiger partial charge in [0.25, 0.3) is 0 Å². The lowest BCUT2D eigenvalue weighted by molar-refractivity contribution is -0.242. The van der Waals surface area contributed by atoms with E-state index in [2.05, 4.69) is 0 Å². The SMILES string of the molecule is O=C(c1c(F)cc(F)cc1F)C(O)(c1ccccc1)C(F)(F)F. The van der Waals surface area contributed by atoms with Gasteiger partial charge < -0.3 is 5.11 Å². The van der Waals surface area contributed by atoms with Crippen molar-refractivity contribution in [1.82, 2.24) is 0 Å². The summed E-state index contributed by atoms with van der Waals surface area (Å²) in [5, 5.41) is 9.96. The lowest BCUT2D eigenvalue weighted by Gasteiger charge is -2.29. The molecule has 122 valence electrons. The van der Waals surface area contributed by atoms with Gasteiger partial charge in [-0.1, -0.05) is 30.3 Å². The number of hydrogen-bond donors (Lipinski definition) is 1. The van der Waals surface area contributed by atoms with Gasteiger partial charge in [-0.05, 0) is 0 Å². The summed E-state index contributed by atoms with van der Waals surface area (Å²) in [5.41, 5.74) is -6.76. The van der Waals surface area contributed by atoms with Crippen molar-refractivity contribution in [1.29, 1.82) is 0 Å². The molecule has 0 aromatic heterocycles. The van der Waals surface area contributed by atoms with Crippen molar-refractivity contribution >= 4 is 5.78 Å². The fraction of sp³-hybridized carbons (Fsp3) is 0.133. The minimum atomic E-state index is -5.56. The van der Waals surface area contributed by atoms with Crippen LogP contribution >= 0.6 is 0 Å². The van der Waals surface area contributed by atoms with E-state index in [-0.39, 0.29) is 12.1 Å². The first kappa shape index (κ1) is 17.0. The number of halogens is 6. The molecule has 2 nitrogen and oxygen atoms in total. The lowest BCUT2D eigenvalue weighted by Crippen LogP contribution is -2.49. The summed E-state index contributed by atoms with van der Waals surface area (Å²) in [6.07, 6.45) is -5.56. The highest BCUT2D eigenvalue weighted by Crippen LogP contribution is 2.42. The van der Waals surface area contributed by atoms with Crippen molar-refractivity contribution in [3.05, 3.63) is 71.0 Å². The molecule has 0 saturated carbocycles. The van der Waals surface area contributed by atoms with Gasteiger partial charge in [0.1, 0.15) is 17.5 Å². The van der Waals surface area contributed by atoms with Crippen molar-refractivity contribution in [3.63, 3.8) is 0 Å². The normalized spacial score (nSPS) is 14.4. The summed E-state index contributed by atoms with van der Waals surface area (Å²) in [7, 11) is 0. The molecule has 0 aliphatic heterocycles. The van der Waals surface area contributed by atoms with E-state index in [4.69, 9.17) is 0 Å². The summed E-state index contributed by atoms with van der Waals surface area (Å²) in [5.74, 6) is -7.37. The first-order valence-corrected chi connectivity index (χ1v) is 6.13. The molecule has 0 heterocycles. The number of alkyl halides is 3. The van der Waals surface area contributed by atoms with Crippen molar-refractivity contribution in [2.45, 2.75) is 11.8 Å². The second kappa shape index (κ2) is 5.69. The third-order valence-electron chi connectivity index (χ3n) is 3.16. The zero-order chi connectivity index (χ0) is 17.4. The molecule has 1 N–H and O–H groups in total. The quantitative estimate of drug-likeness (QED) is 0.686. The molecule has 0 aliphatic carbocycles. The average Bonchev–Trinajstić information content (AvgIpc) is 2.44. The van der Waals surface area contributed by atoms with Crippen LogP contribution in [0.2, 0.25) is 0 Å². The standard InChI is InChI=1S/C15H8F6O2/c16-9-6-10(17)12(11(18)7-9)13(22)14(23,15(19,20)21)8-4-2-1-3-5-8/h1-7,23H. The molecular formula is C15H8F6O2. The molecular weight excluding hydrogens is 326 g/mol. The molecule has 1 atom stereocenters. The van der Waals surface area contributed by atoms with Crippen LogP contribution in [0.15, 0.2) is 42.5 Å². The highest BCUT2D eigenvalue weighted by molar-refractivity contribution is 6.04. The third kappa shape index (κ3) is 2.81. The molecule has 8 heteroatoms. The van der Waals surface area contributed by atoms with Crippen molar-refractivity contribution in [2.24, 2.45) is 0 Å². The monoisotopic (exact) mass is 334 g/mol. The Bertz CT molecular complexity index is 718. The van der Waals surface area contributed by atoms with Gasteiger partial charge in [-0.15, -0.1) is 0 Å². The Balaban J connectivity index is 2.70. The highest BCUT2D eigenvalue weighted by Gasteiger charge is 2.61. The van der Waals surface area contributed by atoms with E-state index in [1.807, 2.05) is 0 Å². The maximum atomic E-state index is 13.6. The number of Topliss-reactive ketones (excluding diaryl/α,β-unsaturated/α-hetero) is 1. The summed E-state index contributed by atoms with van der Waals surface area (Å²) in [4.78, 5) is 12.1. The summed E-state index contributed by atoms with van der Waals surface area (Å²) < 4.78 is 79.9. The number of carbonyl (C=O) groups is 1. The molecule has 0 fully saturated rings. The van der Waals surface area contributed by atoms with E-state index in [0.717, 1.165) is 24.3 Å². The second-order valence-electron chi connectivity index (χ2n) is 4.65. The Hall–Kier alpha value is -2.35. The Morgan fingerprint density at radius 1 is 0.913 bits per heavy atom. The van der Waals surface area contributed by atoms with Crippen molar-refractivity contribution in [3.8, 4) is 0 Å². The maximum Gasteiger partial charge on any atom is 0.429 e. The van der Waals surface area contributed by atoms with Crippen LogP contribution in [0.3, 0.4) is 0 Å². The van der Waals surface area contributed by atoms with Gasteiger partial charge >= 0.3 is 6.18 Å². The van der Waals surface area contributed by atoms with Gasteiger partial charge in [0.05, 0.1) is 5.56 Å². The van der Waals surface area contributed by atoms with Crippen LogP contribution in [0.4, 0.5) is 26.3 Å². The van der Waals surface area contributed by atoms with Gasteiger partial charge in [0.15, 0.2) is 0 Å². The third-order valence-corrected chi connectivity index (χ3v) is 3.16. The lowest BCUT2D eigenvalue weighted by atomic mass is 9.85. The Morgan fingerprint density at radius 2 is 1.39 bits per heavy atom. The largest absolute Gasteiger partial charge is 0.429 e. The second-order valence-corrected chi connectivity index (χ2v) is 4.65. The van der Waals surface area contributed by atoms with Gasteiger partial charge in [-0.2, -0.15) is 13.2 Å². The van der Waals surface area contributed by atoms with E-state index >= 15 is 0 Å². The van der Waals surface area contributed by atoms with Gasteiger partial charge in [0.2, 0.25) is 11.4 Å². The van der Waals surface area contributed by atoms with Crippen molar-refractivity contribution in [2.75, 3.05) is 0 Å². The first-order valence-electron chi connectivity index (χ1n) is 6.13. The van der Waals surface area contributed by atoms with E-state index in [0.29, 0.717) is 0 Å². The van der Waals surface area contributed by atoms with Crippen LogP contribution in [0.25, 0.3) is 0 Å². The first-order chi connectivity index (χ1) is 10.6. The van der Waals surface area contributed by atoms with E-state index in [1.165, 1.54) is 6.07 Å². The Kier molecular flexibility index (Phi) is 4.21. The van der Waals surface area contributed by atoms with Gasteiger partial charge in [-0.3, -0.25) is 4.79 Å². The molecule has 2 aromatic rings. The van der Waals surface area contributed by atoms with Crippen LogP contribution in [-0.2, 0) is 5.60 Å². The fourth-order valence-electron chi connectivity index (χ4n) is 2.04. The Labute approximate surface area is 126 Å². The summed E-state index contributed by atoms with van der Waals surface area (Å²) in [6.45, 7) is 0. The van der Waals surface area contributed by atoms with Gasteiger partial charge in [0, 0.05) is 17.7 Å². The van der Waals surface area contributed by atoms with Crippen LogP contribution in [0.5, 0.6) is 0 Å². The van der Waals surface area contributed by atoms with E-state index < -0.39 is 46.1 Å². The smallest absolute Gasteiger partial charge is 0.370 e. The molecule has 2 rings (SSSR count). The molecule has 0 bridgehead atoms. The number of carbonyl (C=O) groups excluding carboxylic acids is 1. The van der Waals surface area contributed by atoms with Gasteiger partial charge in [-0.25, -0.2) is 13.2 Å². The van der Waals surface area contributed by atoms with E-state index in [9.17, 15) is 36.2 Å². The molecule has 0 aliphatic rings. The van der Waals surface area contributed by atoms with Crippen LogP contribution < -0.4 is 0 Å². The molecule has 0 spiro atoms. The molecule has 2 aromatic carbocycles. The minimum Gasteiger partial charge on any atom is -0.370 e. The number of aliphatic hydroxyl groups is 1. The zero-order valence-electron chi connectivity index (χ0n) is 11.2. The predicted octanol–water partition coefficient (Wildman–Crippen LogP) is 3.74. The van der Waals surface area contributed by atoms with E-state index in [1.54, 1.807) is 0 Å². The average molecular weight is 334 g/mol. The fourth-order valence-corrected chi connectivity index (χ4v) is 2.04. The molecule has 0 radical (unpaired) electrons. The number of rotatable bonds is 3. The zero-order valence-corrected chi connectivity index (χ0v) is 11.2. The molecule has 23 heavy (non-hydrogen) atoms. The molecule has 0 saturated heterocycles. The summed E-state index contributed by atoms with van der Waals surface area (Å²) in [6, 6.07) is 5.21. The van der Waals surface area contributed by atoms with Crippen LogP contribution in [0, 0.1) is 17.5 Å². The van der Waals surface area contributed by atoms with Crippen molar-refractivity contribution < 1.29 is 36.2 Å². The minimum absolute atomic E-state index is 0.0537. The van der Waals surface area contributed by atoms with Crippen LogP contribution in [0.1, 0.15) is 15.9 Å². The maximum absolute atomic E-state index is 13.6. The highest BCUT2D eigenvalue weighted by atomic mass is 19.4. The number of benzene rings is 2. The predicted molar refractivity (Wildman–Crippen MR) is 67.0 cm³/mol. The number of hydrogen-bond acceptors (Lipinski definition) is 2. The molecule has 1 unspecified atom stereocenters. The van der Waals surface area contributed by atoms with Crippen LogP contribution in [-0.4, -0.2) is 17.1 Å². The summed E-state index contributed by atoms with van der Waals surface area (Å²) >= 11 is 0. The molecule has 0 amide bonds. The number of ketones is 1. The Morgan fingerprint density at radius 3 is 1.83 bits per heavy atom. The topological polar surface area (TPSA) is 37.3 Å².